The van der Waals surface area contributed by atoms with Gasteiger partial charge in [-0.2, -0.15) is 0 Å². The van der Waals surface area contributed by atoms with Crippen molar-refractivity contribution in [3.63, 3.8) is 0 Å². The summed E-state index contributed by atoms with van der Waals surface area (Å²) in [5.74, 6) is 2.18. The van der Waals surface area contributed by atoms with Crippen molar-refractivity contribution in [2.75, 3.05) is 5.32 Å². The number of nitrogens with one attached hydrogen (secondary N) is 2. The van der Waals surface area contributed by atoms with Gasteiger partial charge in [-0.15, -0.1) is 0 Å². The molecule has 2 N–H and O–H groups in total. The average Bonchev–Trinajstić information content (AvgIpc) is 3.46. The van der Waals surface area contributed by atoms with Crippen molar-refractivity contribution < 1.29 is 13.6 Å². The van der Waals surface area contributed by atoms with Crippen LogP contribution in [0.1, 0.15) is 30.9 Å². The number of amides is 2. The molecule has 2 heterocycles. The molecule has 0 saturated heterocycles. The van der Waals surface area contributed by atoms with E-state index in [1.54, 1.807) is 0 Å². The number of nitrogens with zero attached hydrogens (tertiary/aromatic N) is 2. The first kappa shape index (κ1) is 19.4. The number of halogens is 3. The lowest BCUT2D eigenvalue weighted by molar-refractivity contribution is -0.0464. The molecule has 9 heteroatoms. The summed E-state index contributed by atoms with van der Waals surface area (Å²) in [6, 6.07) is 3.39. The maximum absolute atomic E-state index is 14.8. The van der Waals surface area contributed by atoms with Gasteiger partial charge in [-0.1, -0.05) is 23.4 Å². The van der Waals surface area contributed by atoms with E-state index in [1.165, 1.54) is 35.3 Å². The molecule has 2 aliphatic rings. The van der Waals surface area contributed by atoms with E-state index in [4.69, 9.17) is 11.6 Å². The fraction of sp³-hybridized carbons (Fsp3) is 0.350. The molecule has 1 aromatic carbocycles. The summed E-state index contributed by atoms with van der Waals surface area (Å²) in [7, 11) is 0. The summed E-state index contributed by atoms with van der Waals surface area (Å²) in [6.45, 7) is 0.798. The minimum absolute atomic E-state index is 0.0664. The molecule has 1 saturated carbocycles. The lowest BCUT2D eigenvalue weighted by atomic mass is 9.81. The van der Waals surface area contributed by atoms with Crippen molar-refractivity contribution in [3.05, 3.63) is 57.2 Å². The Morgan fingerprint density at radius 1 is 1.38 bits per heavy atom. The maximum Gasteiger partial charge on any atom is 0.320 e. The number of hydrogen-bond donors (Lipinski definition) is 2. The lowest BCUT2D eigenvalue weighted by Gasteiger charge is -2.40. The fourth-order valence-electron chi connectivity index (χ4n) is 3.22. The van der Waals surface area contributed by atoms with E-state index >= 15 is 0 Å². The van der Waals surface area contributed by atoms with E-state index in [9.17, 15) is 18.4 Å². The molecule has 2 amide bonds. The van der Waals surface area contributed by atoms with Crippen LogP contribution in [0, 0.1) is 17.8 Å². The van der Waals surface area contributed by atoms with Crippen molar-refractivity contribution in [1.29, 1.82) is 0 Å². The second kappa shape index (κ2) is 6.85. The summed E-state index contributed by atoms with van der Waals surface area (Å²) in [4.78, 5) is 28.1. The normalized spacial score (nSPS) is 20.8. The van der Waals surface area contributed by atoms with Gasteiger partial charge in [0.05, 0.1) is 12.9 Å². The van der Waals surface area contributed by atoms with Crippen LogP contribution in [-0.4, -0.2) is 21.5 Å². The third kappa shape index (κ3) is 3.58. The Morgan fingerprint density at radius 3 is 2.79 bits per heavy atom. The van der Waals surface area contributed by atoms with Gasteiger partial charge in [-0.3, -0.25) is 9.36 Å². The van der Waals surface area contributed by atoms with Gasteiger partial charge < -0.3 is 10.6 Å². The first-order chi connectivity index (χ1) is 13.7. The maximum atomic E-state index is 14.8. The van der Waals surface area contributed by atoms with Gasteiger partial charge in [0, 0.05) is 41.4 Å². The van der Waals surface area contributed by atoms with E-state index in [2.05, 4.69) is 27.5 Å². The van der Waals surface area contributed by atoms with E-state index < -0.39 is 17.5 Å². The second-order valence-electron chi connectivity index (χ2n) is 7.30. The monoisotopic (exact) mass is 418 g/mol. The third-order valence-corrected chi connectivity index (χ3v) is 5.32. The molecule has 150 valence electrons. The Labute approximate surface area is 170 Å². The highest BCUT2D eigenvalue weighted by Gasteiger charge is 2.55. The minimum Gasteiger partial charge on any atom is -0.312 e. The van der Waals surface area contributed by atoms with Gasteiger partial charge in [0.15, 0.2) is 5.54 Å². The largest absolute Gasteiger partial charge is 0.320 e. The predicted molar refractivity (Wildman–Crippen MR) is 104 cm³/mol. The third-order valence-electron chi connectivity index (χ3n) is 4.97. The Hall–Kier alpha value is -2.92. The van der Waals surface area contributed by atoms with Gasteiger partial charge in [0.25, 0.3) is 11.5 Å². The Balaban J connectivity index is 1.84. The number of rotatable bonds is 3. The van der Waals surface area contributed by atoms with Crippen LogP contribution in [0.5, 0.6) is 0 Å². The highest BCUT2D eigenvalue weighted by atomic mass is 35.5. The molecule has 2 aromatic rings. The zero-order chi connectivity index (χ0) is 20.8. The first-order valence-corrected chi connectivity index (χ1v) is 9.40. The van der Waals surface area contributed by atoms with Crippen LogP contribution in [0.3, 0.4) is 0 Å². The zero-order valence-electron chi connectivity index (χ0n) is 15.4. The number of carbonyl (C=O) groups is 1. The number of urea groups is 1. The summed E-state index contributed by atoms with van der Waals surface area (Å²) >= 11 is 6.38. The highest BCUT2D eigenvalue weighted by molar-refractivity contribution is 6.31. The fourth-order valence-corrected chi connectivity index (χ4v) is 3.44. The Bertz CT molecular complexity index is 1110. The lowest BCUT2D eigenvalue weighted by Crippen LogP contribution is -2.59. The molecule has 6 nitrogen and oxygen atoms in total. The number of carbonyl (C=O) groups excluding carboxylic acids is 1. The number of alkyl halides is 2. The number of anilines is 1. The smallest absolute Gasteiger partial charge is 0.312 e. The molecule has 0 radical (unpaired) electrons. The van der Waals surface area contributed by atoms with E-state index in [-0.39, 0.29) is 34.3 Å². The standard InChI is InChI=1S/C20H17ClF2N4O2/c1-19(22,23)20(6-4-12-2-3-12)14-9-15(21)13(8-16(14)25-18(29)26-20)10-27-11-24-7-5-17(27)28/h5,7-9,11-12H,2-3,10H2,1H3,(H2,25,26,29). The van der Waals surface area contributed by atoms with Gasteiger partial charge in [-0.05, 0) is 30.5 Å². The minimum atomic E-state index is -3.37. The second-order valence-corrected chi connectivity index (χ2v) is 7.70. The highest BCUT2D eigenvalue weighted by Crippen LogP contribution is 2.45. The van der Waals surface area contributed by atoms with Crippen LogP contribution in [-0.2, 0) is 12.1 Å². The summed E-state index contributed by atoms with van der Waals surface area (Å²) in [5.41, 5.74) is -1.74. The SMILES string of the molecule is CC(F)(F)C1(C#CC2CC2)NC(=O)Nc2cc(Cn3cnccc3=O)c(Cl)cc21. The van der Waals surface area contributed by atoms with Crippen molar-refractivity contribution in [1.82, 2.24) is 14.9 Å². The molecule has 1 fully saturated rings. The van der Waals surface area contributed by atoms with Crippen LogP contribution < -0.4 is 16.2 Å². The summed E-state index contributed by atoms with van der Waals surface area (Å²) in [6.07, 6.45) is 4.44. The molecule has 0 bridgehead atoms. The van der Waals surface area contributed by atoms with Gasteiger partial charge >= 0.3 is 6.03 Å². The molecular formula is C20H17ClF2N4O2. The molecule has 1 aliphatic carbocycles. The van der Waals surface area contributed by atoms with Crippen LogP contribution in [0.4, 0.5) is 19.3 Å². The number of benzene rings is 1. The van der Waals surface area contributed by atoms with Crippen molar-refractivity contribution in [2.24, 2.45) is 5.92 Å². The van der Waals surface area contributed by atoms with Gasteiger partial charge in [0.2, 0.25) is 0 Å². The van der Waals surface area contributed by atoms with Crippen LogP contribution >= 0.6 is 11.6 Å². The molecule has 1 aliphatic heterocycles. The topological polar surface area (TPSA) is 76.0 Å². The number of aromatic nitrogens is 2. The quantitative estimate of drug-likeness (QED) is 0.750. The number of fused-ring (bicyclic) bond motifs is 1. The van der Waals surface area contributed by atoms with E-state index in [1.807, 2.05) is 0 Å². The average molecular weight is 419 g/mol. The number of hydrogen-bond acceptors (Lipinski definition) is 3. The summed E-state index contributed by atoms with van der Waals surface area (Å²) < 4.78 is 30.9. The molecule has 0 spiro atoms. The van der Waals surface area contributed by atoms with Crippen LogP contribution in [0.15, 0.2) is 35.5 Å². The first-order valence-electron chi connectivity index (χ1n) is 9.03. The molecule has 29 heavy (non-hydrogen) atoms. The Morgan fingerprint density at radius 2 is 2.14 bits per heavy atom. The molecule has 1 unspecified atom stereocenters. The van der Waals surface area contributed by atoms with E-state index in [0.717, 1.165) is 19.8 Å². The van der Waals surface area contributed by atoms with E-state index in [0.29, 0.717) is 5.56 Å². The Kier molecular flexibility index (Phi) is 4.58. The molecule has 4 rings (SSSR count). The molecule has 1 aromatic heterocycles. The predicted octanol–water partition coefficient (Wildman–Crippen LogP) is 3.34. The van der Waals surface area contributed by atoms with Crippen LogP contribution in [0.25, 0.3) is 0 Å². The van der Waals surface area contributed by atoms with Crippen molar-refractivity contribution in [3.8, 4) is 11.8 Å². The van der Waals surface area contributed by atoms with Crippen molar-refractivity contribution in [2.45, 2.75) is 37.8 Å². The van der Waals surface area contributed by atoms with Crippen LogP contribution in [0.2, 0.25) is 5.02 Å². The summed E-state index contributed by atoms with van der Waals surface area (Å²) in [5, 5.41) is 5.04. The molecule has 1 atom stereocenters. The van der Waals surface area contributed by atoms with Gasteiger partial charge in [-0.25, -0.2) is 18.6 Å². The van der Waals surface area contributed by atoms with Gasteiger partial charge in [0.1, 0.15) is 0 Å². The van der Waals surface area contributed by atoms with Crippen molar-refractivity contribution >= 4 is 23.3 Å². The zero-order valence-corrected chi connectivity index (χ0v) is 16.2. The molecular weight excluding hydrogens is 402 g/mol.